The number of aliphatic hydroxyl groups is 1. The molecule has 164 valence electrons. The highest BCUT2D eigenvalue weighted by Gasteiger charge is 2.44. The van der Waals surface area contributed by atoms with Crippen LogP contribution in [0.5, 0.6) is 5.75 Å². The Hall–Kier alpha value is -3.38. The van der Waals surface area contributed by atoms with E-state index in [1.54, 1.807) is 17.5 Å². The zero-order valence-electron chi connectivity index (χ0n) is 18.2. The Bertz CT molecular complexity index is 1150. The molecule has 32 heavy (non-hydrogen) atoms. The van der Waals surface area contributed by atoms with Crippen LogP contribution < -0.4 is 9.64 Å². The molecule has 0 saturated heterocycles. The second kappa shape index (κ2) is 9.01. The number of aliphatic hydroxyl groups excluding tert-OH is 1. The summed E-state index contributed by atoms with van der Waals surface area (Å²) in [6.45, 7) is 6.65. The maximum Gasteiger partial charge on any atom is 0.294 e. The molecule has 1 aliphatic rings. The fraction of sp³-hybridized carbons (Fsp3) is 0.231. The second-order valence-electron chi connectivity index (χ2n) is 7.89. The lowest BCUT2D eigenvalue weighted by atomic mass is 9.95. The first-order valence-electron chi connectivity index (χ1n) is 10.6. The lowest BCUT2D eigenvalue weighted by molar-refractivity contribution is -0.117. The third-order valence-electron chi connectivity index (χ3n) is 5.54. The number of carbonyl (C=O) groups is 2. The molecule has 1 aromatic heterocycles. The van der Waals surface area contributed by atoms with Gasteiger partial charge in [0.25, 0.3) is 5.91 Å². The van der Waals surface area contributed by atoms with Gasteiger partial charge in [0.15, 0.2) is 5.76 Å². The predicted molar refractivity (Wildman–Crippen MR) is 127 cm³/mol. The molecular weight excluding hydrogens is 422 g/mol. The van der Waals surface area contributed by atoms with Gasteiger partial charge in [-0.3, -0.25) is 14.5 Å². The first kappa shape index (κ1) is 21.8. The summed E-state index contributed by atoms with van der Waals surface area (Å²) in [4.78, 5) is 28.5. The zero-order chi connectivity index (χ0) is 22.8. The van der Waals surface area contributed by atoms with Crippen LogP contribution in [-0.2, 0) is 4.79 Å². The Morgan fingerprint density at radius 1 is 1.09 bits per heavy atom. The van der Waals surface area contributed by atoms with Crippen molar-refractivity contribution in [1.82, 2.24) is 0 Å². The van der Waals surface area contributed by atoms with Crippen molar-refractivity contribution < 1.29 is 19.4 Å². The minimum absolute atomic E-state index is 0.0922. The number of hydrogen-bond acceptors (Lipinski definition) is 5. The van der Waals surface area contributed by atoms with E-state index in [-0.39, 0.29) is 11.4 Å². The number of hydrogen-bond donors (Lipinski definition) is 1. The van der Waals surface area contributed by atoms with Crippen LogP contribution in [0.2, 0.25) is 0 Å². The van der Waals surface area contributed by atoms with Gasteiger partial charge in [0.1, 0.15) is 5.75 Å². The lowest BCUT2D eigenvalue weighted by Gasteiger charge is -2.27. The largest absolute Gasteiger partial charge is 0.503 e. The first-order valence-corrected chi connectivity index (χ1v) is 11.5. The second-order valence-corrected chi connectivity index (χ2v) is 8.84. The number of anilines is 1. The topological polar surface area (TPSA) is 66.8 Å². The fourth-order valence-electron chi connectivity index (χ4n) is 3.89. The zero-order valence-corrected chi connectivity index (χ0v) is 19.1. The van der Waals surface area contributed by atoms with Gasteiger partial charge in [-0.05, 0) is 59.7 Å². The standard InChI is InChI=1S/C26H25NO4S/c1-4-31-20-13-9-18(10-14-20)23-22(24(28)21-6-5-15-32-21)25(29)26(30)27(23)19-11-7-17(8-12-19)16(2)3/h5-16,23,29H,4H2,1-3H3. The highest BCUT2D eigenvalue weighted by atomic mass is 32.1. The molecule has 1 aliphatic heterocycles. The first-order chi connectivity index (χ1) is 15.4. The van der Waals surface area contributed by atoms with Gasteiger partial charge < -0.3 is 9.84 Å². The Kier molecular flexibility index (Phi) is 6.15. The van der Waals surface area contributed by atoms with Gasteiger partial charge in [-0.15, -0.1) is 11.3 Å². The number of thiophene rings is 1. The van der Waals surface area contributed by atoms with Crippen molar-refractivity contribution in [2.45, 2.75) is 32.7 Å². The number of amides is 1. The molecule has 0 saturated carbocycles. The molecule has 4 rings (SSSR count). The average molecular weight is 448 g/mol. The van der Waals surface area contributed by atoms with Crippen LogP contribution >= 0.6 is 11.3 Å². The van der Waals surface area contributed by atoms with Crippen LogP contribution in [0.4, 0.5) is 5.69 Å². The van der Waals surface area contributed by atoms with Crippen molar-refractivity contribution in [2.75, 3.05) is 11.5 Å². The molecule has 1 unspecified atom stereocenters. The van der Waals surface area contributed by atoms with Crippen LogP contribution in [0.3, 0.4) is 0 Å². The molecule has 5 nitrogen and oxygen atoms in total. The molecule has 0 spiro atoms. The van der Waals surface area contributed by atoms with Gasteiger partial charge in [0, 0.05) is 5.69 Å². The predicted octanol–water partition coefficient (Wildman–Crippen LogP) is 6.05. The van der Waals surface area contributed by atoms with E-state index in [0.29, 0.717) is 28.8 Å². The van der Waals surface area contributed by atoms with Gasteiger partial charge in [-0.1, -0.05) is 44.2 Å². The van der Waals surface area contributed by atoms with Gasteiger partial charge >= 0.3 is 0 Å². The summed E-state index contributed by atoms with van der Waals surface area (Å²) in [5.41, 5.74) is 2.58. The molecule has 0 aliphatic carbocycles. The van der Waals surface area contributed by atoms with Crippen LogP contribution in [0.25, 0.3) is 0 Å². The molecule has 0 fully saturated rings. The SMILES string of the molecule is CCOc1ccc(C2C(C(=O)c3cccs3)=C(O)C(=O)N2c2ccc(C(C)C)cc2)cc1. The van der Waals surface area contributed by atoms with E-state index < -0.39 is 17.7 Å². The number of benzene rings is 2. The summed E-state index contributed by atoms with van der Waals surface area (Å²) in [6, 6.07) is 17.7. The van der Waals surface area contributed by atoms with E-state index in [1.807, 2.05) is 55.5 Å². The summed E-state index contributed by atoms with van der Waals surface area (Å²) in [7, 11) is 0. The number of rotatable bonds is 7. The van der Waals surface area contributed by atoms with Crippen molar-refractivity contribution in [3.05, 3.63) is 93.4 Å². The van der Waals surface area contributed by atoms with E-state index in [0.717, 1.165) is 11.1 Å². The van der Waals surface area contributed by atoms with Crippen molar-refractivity contribution in [3.8, 4) is 5.75 Å². The van der Waals surface area contributed by atoms with Crippen LogP contribution in [0.15, 0.2) is 77.4 Å². The number of nitrogens with zero attached hydrogens (tertiary/aromatic N) is 1. The molecule has 6 heteroatoms. The van der Waals surface area contributed by atoms with Gasteiger partial charge in [0.2, 0.25) is 5.78 Å². The fourth-order valence-corrected chi connectivity index (χ4v) is 4.57. The third kappa shape index (κ3) is 3.94. The Balaban J connectivity index is 1.81. The number of ether oxygens (including phenoxy) is 1. The summed E-state index contributed by atoms with van der Waals surface area (Å²) >= 11 is 1.28. The maximum absolute atomic E-state index is 13.3. The average Bonchev–Trinajstić information content (AvgIpc) is 3.42. The van der Waals surface area contributed by atoms with Gasteiger partial charge in [-0.25, -0.2) is 0 Å². The smallest absolute Gasteiger partial charge is 0.294 e. The van der Waals surface area contributed by atoms with E-state index in [2.05, 4.69) is 13.8 Å². The molecule has 0 radical (unpaired) electrons. The van der Waals surface area contributed by atoms with Crippen molar-refractivity contribution in [1.29, 1.82) is 0 Å². The molecule has 2 heterocycles. The van der Waals surface area contributed by atoms with Crippen molar-refractivity contribution in [3.63, 3.8) is 0 Å². The number of ketones is 1. The van der Waals surface area contributed by atoms with Gasteiger partial charge in [-0.2, -0.15) is 0 Å². The molecule has 1 N–H and O–H groups in total. The van der Waals surface area contributed by atoms with E-state index in [9.17, 15) is 14.7 Å². The van der Waals surface area contributed by atoms with Crippen LogP contribution in [0, 0.1) is 0 Å². The van der Waals surface area contributed by atoms with Crippen LogP contribution in [0.1, 0.15) is 53.5 Å². The third-order valence-corrected chi connectivity index (χ3v) is 6.41. The number of Topliss-reactive ketones (excluding diaryl/α,β-unsaturated/α-hetero) is 1. The molecule has 2 aromatic carbocycles. The summed E-state index contributed by atoms with van der Waals surface area (Å²) in [6.07, 6.45) is 0. The highest BCUT2D eigenvalue weighted by molar-refractivity contribution is 7.12. The summed E-state index contributed by atoms with van der Waals surface area (Å²) in [5, 5.41) is 12.6. The van der Waals surface area contributed by atoms with E-state index in [4.69, 9.17) is 4.74 Å². The summed E-state index contributed by atoms with van der Waals surface area (Å²) < 4.78 is 5.54. The summed E-state index contributed by atoms with van der Waals surface area (Å²) in [5.74, 6) is -0.377. The number of carbonyl (C=O) groups excluding carboxylic acids is 2. The molecule has 1 amide bonds. The van der Waals surface area contributed by atoms with Crippen molar-refractivity contribution >= 4 is 28.7 Å². The maximum atomic E-state index is 13.3. The Labute approximate surface area is 191 Å². The minimum Gasteiger partial charge on any atom is -0.503 e. The monoisotopic (exact) mass is 447 g/mol. The molecule has 0 bridgehead atoms. The normalized spacial score (nSPS) is 16.2. The van der Waals surface area contributed by atoms with Crippen LogP contribution in [-0.4, -0.2) is 23.4 Å². The Morgan fingerprint density at radius 3 is 2.34 bits per heavy atom. The van der Waals surface area contributed by atoms with Crippen molar-refractivity contribution in [2.24, 2.45) is 0 Å². The quantitative estimate of drug-likeness (QED) is 0.448. The minimum atomic E-state index is -0.738. The van der Waals surface area contributed by atoms with E-state index in [1.165, 1.54) is 16.2 Å². The molecule has 3 aromatic rings. The molecule has 1 atom stereocenters. The van der Waals surface area contributed by atoms with Gasteiger partial charge in [0.05, 0.1) is 23.1 Å². The Morgan fingerprint density at radius 2 is 1.78 bits per heavy atom. The van der Waals surface area contributed by atoms with E-state index >= 15 is 0 Å². The highest BCUT2D eigenvalue weighted by Crippen LogP contribution is 2.42. The lowest BCUT2D eigenvalue weighted by Crippen LogP contribution is -2.31. The molecular formula is C26H25NO4S.